The first-order chi connectivity index (χ1) is 25.6. The summed E-state index contributed by atoms with van der Waals surface area (Å²) in [6.45, 7) is 7.62. The van der Waals surface area contributed by atoms with Crippen LogP contribution in [0.2, 0.25) is 0 Å². The van der Waals surface area contributed by atoms with Crippen LogP contribution in [0, 0.1) is 0 Å². The number of amides is 1. The van der Waals surface area contributed by atoms with Gasteiger partial charge in [-0.3, -0.25) is 9.69 Å². The van der Waals surface area contributed by atoms with Crippen LogP contribution in [0.4, 0.5) is 31.1 Å². The number of thiazole rings is 2. The number of nitrogens with zero attached hydrogens (tertiary/aromatic N) is 3. The molecule has 1 amide bonds. The molecular weight excluding hydrogens is 848 g/mol. The normalized spacial score (nSPS) is 11.6. The molecule has 0 aliphatic rings. The molecule has 0 aliphatic heterocycles. The second kappa shape index (κ2) is 18.9. The molecule has 0 aliphatic carbocycles. The van der Waals surface area contributed by atoms with Crippen LogP contribution in [-0.4, -0.2) is 69.3 Å². The highest BCUT2D eigenvalue weighted by atomic mass is 79.9. The fraction of sp³-hybridized carbons (Fsp3) is 0.371. The van der Waals surface area contributed by atoms with Crippen LogP contribution >= 0.6 is 38.6 Å². The third-order valence-electron chi connectivity index (χ3n) is 6.71. The van der Waals surface area contributed by atoms with E-state index in [1.165, 1.54) is 24.3 Å². The second-order valence-corrected chi connectivity index (χ2v) is 14.6. The zero-order chi connectivity index (χ0) is 41.3. The summed E-state index contributed by atoms with van der Waals surface area (Å²) in [5.74, 6) is -2.50. The Balaban J connectivity index is 0.000000342. The Kier molecular flexibility index (Phi) is 15.4. The SMILES string of the molecule is CCOC(=O)CN(Cc1nc(-c2ccc(C(F)(F)F)cc2)sc1C(=O)OCC)C(=O)OC(C)(C)C.O=C(O)c1sc(-c2ccc(C(F)(F)F)cc2)nc1CBr. The van der Waals surface area contributed by atoms with Crippen molar-refractivity contribution in [3.05, 3.63) is 80.8 Å². The van der Waals surface area contributed by atoms with Gasteiger partial charge < -0.3 is 19.3 Å². The van der Waals surface area contributed by atoms with E-state index in [0.29, 0.717) is 21.8 Å². The van der Waals surface area contributed by atoms with Gasteiger partial charge >= 0.3 is 36.4 Å². The highest BCUT2D eigenvalue weighted by molar-refractivity contribution is 9.08. The zero-order valence-electron chi connectivity index (χ0n) is 29.8. The van der Waals surface area contributed by atoms with E-state index in [4.69, 9.17) is 19.3 Å². The second-order valence-electron chi connectivity index (χ2n) is 12.0. The van der Waals surface area contributed by atoms with E-state index >= 15 is 0 Å². The highest BCUT2D eigenvalue weighted by Gasteiger charge is 2.32. The molecule has 298 valence electrons. The van der Waals surface area contributed by atoms with Crippen molar-refractivity contribution < 1.29 is 64.8 Å². The van der Waals surface area contributed by atoms with E-state index in [1.54, 1.807) is 34.6 Å². The molecule has 0 unspecified atom stereocenters. The summed E-state index contributed by atoms with van der Waals surface area (Å²) in [6.07, 6.45) is -9.72. The van der Waals surface area contributed by atoms with E-state index in [0.717, 1.165) is 51.8 Å². The van der Waals surface area contributed by atoms with Crippen molar-refractivity contribution in [2.45, 2.75) is 64.4 Å². The minimum Gasteiger partial charge on any atom is -0.477 e. The van der Waals surface area contributed by atoms with Gasteiger partial charge in [0.2, 0.25) is 0 Å². The number of rotatable bonds is 11. The van der Waals surface area contributed by atoms with E-state index in [9.17, 15) is 45.5 Å². The maximum Gasteiger partial charge on any atom is 0.416 e. The molecular formula is C35H34BrF6N3O8S2. The fourth-order valence-electron chi connectivity index (χ4n) is 4.33. The maximum absolute atomic E-state index is 12.9. The molecule has 2 aromatic heterocycles. The molecule has 2 heterocycles. The van der Waals surface area contributed by atoms with Gasteiger partial charge in [0.15, 0.2) is 0 Å². The molecule has 4 aromatic rings. The van der Waals surface area contributed by atoms with Crippen molar-refractivity contribution in [2.24, 2.45) is 0 Å². The van der Waals surface area contributed by atoms with Crippen molar-refractivity contribution >= 4 is 62.6 Å². The number of halogens is 7. The average molecular weight is 883 g/mol. The first-order valence-corrected chi connectivity index (χ1v) is 18.8. The van der Waals surface area contributed by atoms with Crippen molar-refractivity contribution in [1.29, 1.82) is 0 Å². The molecule has 0 saturated heterocycles. The number of hydrogen-bond acceptors (Lipinski definition) is 11. The van der Waals surface area contributed by atoms with Gasteiger partial charge in [-0.05, 0) is 58.9 Å². The molecule has 0 saturated carbocycles. The number of benzene rings is 2. The van der Waals surface area contributed by atoms with Gasteiger partial charge in [-0.1, -0.05) is 40.2 Å². The minimum atomic E-state index is -4.50. The van der Waals surface area contributed by atoms with Gasteiger partial charge in [0.25, 0.3) is 0 Å². The largest absolute Gasteiger partial charge is 0.477 e. The molecule has 0 fully saturated rings. The molecule has 0 atom stereocenters. The minimum absolute atomic E-state index is 0.0548. The summed E-state index contributed by atoms with van der Waals surface area (Å²) in [5, 5.41) is 9.91. The summed E-state index contributed by atoms with van der Waals surface area (Å²) in [5.41, 5.74) is -1.17. The fourth-order valence-corrected chi connectivity index (χ4v) is 6.82. The molecule has 4 rings (SSSR count). The summed E-state index contributed by atoms with van der Waals surface area (Å²) >= 11 is 4.98. The number of esters is 2. The van der Waals surface area contributed by atoms with Gasteiger partial charge in [-0.2, -0.15) is 26.3 Å². The van der Waals surface area contributed by atoms with Crippen LogP contribution in [-0.2, 0) is 43.2 Å². The number of aromatic nitrogens is 2. The van der Waals surface area contributed by atoms with Crippen molar-refractivity contribution in [3.8, 4) is 21.1 Å². The Bertz CT molecular complexity index is 1960. The first kappa shape index (κ1) is 44.8. The van der Waals surface area contributed by atoms with E-state index in [1.807, 2.05) is 0 Å². The lowest BCUT2D eigenvalue weighted by Crippen LogP contribution is -2.40. The van der Waals surface area contributed by atoms with Gasteiger partial charge in [-0.25, -0.2) is 24.4 Å². The van der Waals surface area contributed by atoms with Crippen LogP contribution in [0.25, 0.3) is 21.1 Å². The lowest BCUT2D eigenvalue weighted by atomic mass is 10.1. The standard InChI is InChI=1S/C23H27F3N2O6S.C12H7BrF3NO2S/c1-6-32-17(29)13-28(21(31)34-22(3,4)5)12-16-18(20(30)33-7-2)35-19(27-16)14-8-10-15(11-9-14)23(24,25)26;13-5-8-9(11(18)19)20-10(17-8)6-1-3-7(4-2-6)12(14,15)16/h8-11H,6-7,12-13H2,1-5H3;1-4H,5H2,(H,18,19). The van der Waals surface area contributed by atoms with Crippen LogP contribution < -0.4 is 0 Å². The molecule has 0 bridgehead atoms. The van der Waals surface area contributed by atoms with Crippen LogP contribution in [0.5, 0.6) is 0 Å². The summed E-state index contributed by atoms with van der Waals surface area (Å²) < 4.78 is 91.5. The van der Waals surface area contributed by atoms with Gasteiger partial charge in [-0.15, -0.1) is 22.7 Å². The predicted molar refractivity (Wildman–Crippen MR) is 194 cm³/mol. The Morgan fingerprint density at radius 3 is 1.58 bits per heavy atom. The van der Waals surface area contributed by atoms with Crippen LogP contribution in [0.15, 0.2) is 48.5 Å². The number of ether oxygens (including phenoxy) is 3. The third-order valence-corrected chi connectivity index (χ3v) is 9.50. The lowest BCUT2D eigenvalue weighted by Gasteiger charge is -2.26. The Morgan fingerprint density at radius 1 is 0.745 bits per heavy atom. The number of carbonyl (C=O) groups is 4. The Hall–Kier alpha value is -4.56. The smallest absolute Gasteiger partial charge is 0.416 e. The molecule has 20 heteroatoms. The maximum atomic E-state index is 12.9. The van der Waals surface area contributed by atoms with Crippen molar-refractivity contribution in [2.75, 3.05) is 19.8 Å². The zero-order valence-corrected chi connectivity index (χ0v) is 33.0. The molecule has 0 spiro atoms. The molecule has 55 heavy (non-hydrogen) atoms. The number of carboxylic acid groups (broad SMARTS) is 1. The number of carboxylic acids is 1. The predicted octanol–water partition coefficient (Wildman–Crippen LogP) is 9.73. The number of alkyl halides is 7. The van der Waals surface area contributed by atoms with Crippen LogP contribution in [0.3, 0.4) is 0 Å². The van der Waals surface area contributed by atoms with E-state index < -0.39 is 59.6 Å². The van der Waals surface area contributed by atoms with E-state index in [2.05, 4.69) is 25.9 Å². The Morgan fingerprint density at radius 2 is 1.20 bits per heavy atom. The molecule has 2 aromatic carbocycles. The van der Waals surface area contributed by atoms with Gasteiger partial charge in [0, 0.05) is 16.5 Å². The summed E-state index contributed by atoms with van der Waals surface area (Å²) in [6, 6.07) is 8.77. The molecule has 11 nitrogen and oxygen atoms in total. The topological polar surface area (TPSA) is 145 Å². The summed E-state index contributed by atoms with van der Waals surface area (Å²) in [4.78, 5) is 58.1. The number of carbonyl (C=O) groups excluding carboxylic acids is 3. The van der Waals surface area contributed by atoms with Crippen molar-refractivity contribution in [3.63, 3.8) is 0 Å². The van der Waals surface area contributed by atoms with Crippen molar-refractivity contribution in [1.82, 2.24) is 14.9 Å². The monoisotopic (exact) mass is 881 g/mol. The third kappa shape index (κ3) is 13.0. The molecule has 0 radical (unpaired) electrons. The average Bonchev–Trinajstić information content (AvgIpc) is 3.72. The van der Waals surface area contributed by atoms with Crippen LogP contribution in [0.1, 0.15) is 76.5 Å². The highest BCUT2D eigenvalue weighted by Crippen LogP contribution is 2.35. The Labute approximate surface area is 327 Å². The number of hydrogen-bond donors (Lipinski definition) is 1. The summed E-state index contributed by atoms with van der Waals surface area (Å²) in [7, 11) is 0. The quantitative estimate of drug-likeness (QED) is 0.0669. The lowest BCUT2D eigenvalue weighted by molar-refractivity contribution is -0.144. The van der Waals surface area contributed by atoms with E-state index in [-0.39, 0.29) is 45.5 Å². The first-order valence-electron chi connectivity index (χ1n) is 16.0. The number of aromatic carboxylic acids is 1. The van der Waals surface area contributed by atoms with Gasteiger partial charge in [0.1, 0.15) is 31.9 Å². The van der Waals surface area contributed by atoms with Gasteiger partial charge in [0.05, 0.1) is 42.3 Å². The molecule has 1 N–H and O–H groups in total.